The van der Waals surface area contributed by atoms with Gasteiger partial charge >= 0.3 is 7.60 Å². The standard InChI is InChI=1S/C22H47O4P/c1-6-11-14-17-24-20-27(23,25-18-21(9-4)15-12-7-2)26-19-22(10-5)16-13-8-3/h21-22H,6-20H2,1-5H3. The molecule has 0 radical (unpaired) electrons. The van der Waals surface area contributed by atoms with Crippen molar-refractivity contribution in [1.29, 1.82) is 0 Å². The molecule has 0 rings (SSSR count). The van der Waals surface area contributed by atoms with Crippen molar-refractivity contribution in [2.75, 3.05) is 26.2 Å². The van der Waals surface area contributed by atoms with Crippen molar-refractivity contribution in [3.63, 3.8) is 0 Å². The fourth-order valence-electron chi connectivity index (χ4n) is 2.98. The van der Waals surface area contributed by atoms with E-state index in [1.165, 1.54) is 25.7 Å². The third kappa shape index (κ3) is 14.7. The first-order chi connectivity index (χ1) is 13.0. The van der Waals surface area contributed by atoms with Crippen LogP contribution >= 0.6 is 7.60 Å². The second kappa shape index (κ2) is 18.2. The van der Waals surface area contributed by atoms with Gasteiger partial charge in [0.1, 0.15) is 6.35 Å². The normalized spacial score (nSPS) is 16.2. The Morgan fingerprint density at radius 2 is 1.19 bits per heavy atom. The van der Waals surface area contributed by atoms with Gasteiger partial charge in [0.15, 0.2) is 0 Å². The molecule has 0 N–H and O–H groups in total. The van der Waals surface area contributed by atoms with Gasteiger partial charge in [0.2, 0.25) is 0 Å². The SMILES string of the molecule is CCCCCOCP(=O)(OCC(CC)CCCC)OCC(CC)CCCC. The third-order valence-electron chi connectivity index (χ3n) is 5.24. The van der Waals surface area contributed by atoms with Gasteiger partial charge in [-0.05, 0) is 31.1 Å². The lowest BCUT2D eigenvalue weighted by Gasteiger charge is -2.24. The van der Waals surface area contributed by atoms with Crippen LogP contribution in [-0.2, 0) is 18.3 Å². The summed E-state index contributed by atoms with van der Waals surface area (Å²) < 4.78 is 30.7. The molecule has 2 atom stereocenters. The first-order valence-electron chi connectivity index (χ1n) is 11.5. The van der Waals surface area contributed by atoms with E-state index in [1.807, 2.05) is 0 Å². The lowest BCUT2D eigenvalue weighted by atomic mass is 10.0. The molecule has 0 fully saturated rings. The van der Waals surface area contributed by atoms with Crippen LogP contribution in [-0.4, -0.2) is 26.2 Å². The van der Waals surface area contributed by atoms with Crippen LogP contribution in [0.3, 0.4) is 0 Å². The Hall–Kier alpha value is 0.110. The van der Waals surface area contributed by atoms with Gasteiger partial charge in [0, 0.05) is 6.61 Å². The Labute approximate surface area is 169 Å². The maximum atomic E-state index is 13.3. The number of ether oxygens (including phenoxy) is 1. The molecule has 0 saturated carbocycles. The maximum absolute atomic E-state index is 13.3. The second-order valence-corrected chi connectivity index (χ2v) is 9.78. The molecule has 0 aromatic rings. The molecule has 0 aliphatic carbocycles. The van der Waals surface area contributed by atoms with Crippen molar-refractivity contribution in [2.45, 2.75) is 105 Å². The maximum Gasteiger partial charge on any atom is 0.356 e. The van der Waals surface area contributed by atoms with E-state index in [0.717, 1.165) is 44.9 Å². The molecule has 164 valence electrons. The van der Waals surface area contributed by atoms with E-state index in [-0.39, 0.29) is 6.35 Å². The summed E-state index contributed by atoms with van der Waals surface area (Å²) in [7, 11) is -3.19. The largest absolute Gasteiger partial charge is 0.369 e. The molecule has 0 saturated heterocycles. The molecule has 0 aromatic carbocycles. The van der Waals surface area contributed by atoms with E-state index in [9.17, 15) is 4.57 Å². The van der Waals surface area contributed by atoms with Gasteiger partial charge < -0.3 is 13.8 Å². The predicted molar refractivity (Wildman–Crippen MR) is 116 cm³/mol. The van der Waals surface area contributed by atoms with E-state index in [0.29, 0.717) is 31.7 Å². The highest BCUT2D eigenvalue weighted by Crippen LogP contribution is 2.49. The van der Waals surface area contributed by atoms with E-state index in [2.05, 4.69) is 34.6 Å². The van der Waals surface area contributed by atoms with Crippen molar-refractivity contribution >= 4 is 7.60 Å². The van der Waals surface area contributed by atoms with Gasteiger partial charge in [-0.25, -0.2) is 0 Å². The summed E-state index contributed by atoms with van der Waals surface area (Å²) in [5.74, 6) is 0.896. The van der Waals surface area contributed by atoms with Gasteiger partial charge in [0.25, 0.3) is 0 Å². The molecule has 0 spiro atoms. The van der Waals surface area contributed by atoms with Crippen molar-refractivity contribution in [1.82, 2.24) is 0 Å². The molecule has 0 aliphatic rings. The van der Waals surface area contributed by atoms with Crippen molar-refractivity contribution in [3.05, 3.63) is 0 Å². The summed E-state index contributed by atoms with van der Waals surface area (Å²) in [5, 5.41) is 0. The van der Waals surface area contributed by atoms with E-state index in [4.69, 9.17) is 13.8 Å². The minimum Gasteiger partial charge on any atom is -0.369 e. The fraction of sp³-hybridized carbons (Fsp3) is 1.00. The van der Waals surface area contributed by atoms with Crippen LogP contribution in [0.1, 0.15) is 105 Å². The molecule has 2 unspecified atom stereocenters. The lowest BCUT2D eigenvalue weighted by Crippen LogP contribution is -2.14. The molecule has 5 heteroatoms. The van der Waals surface area contributed by atoms with Crippen LogP contribution in [0.4, 0.5) is 0 Å². The van der Waals surface area contributed by atoms with Crippen molar-refractivity contribution in [3.8, 4) is 0 Å². The number of hydrogen-bond acceptors (Lipinski definition) is 4. The Morgan fingerprint density at radius 1 is 0.704 bits per heavy atom. The third-order valence-corrected chi connectivity index (χ3v) is 6.83. The number of unbranched alkanes of at least 4 members (excludes halogenated alkanes) is 4. The molecule has 0 amide bonds. The monoisotopic (exact) mass is 406 g/mol. The summed E-state index contributed by atoms with van der Waals surface area (Å²) in [6.45, 7) is 12.6. The zero-order chi connectivity index (χ0) is 20.4. The van der Waals surface area contributed by atoms with E-state index < -0.39 is 7.60 Å². The van der Waals surface area contributed by atoms with E-state index in [1.54, 1.807) is 0 Å². The van der Waals surface area contributed by atoms with Crippen LogP contribution in [0.5, 0.6) is 0 Å². The van der Waals surface area contributed by atoms with Crippen LogP contribution < -0.4 is 0 Å². The lowest BCUT2D eigenvalue weighted by molar-refractivity contribution is 0.105. The molecule has 0 bridgehead atoms. The van der Waals surface area contributed by atoms with Crippen molar-refractivity contribution < 1.29 is 18.3 Å². The highest BCUT2D eigenvalue weighted by atomic mass is 31.2. The number of rotatable bonds is 20. The molecule has 27 heavy (non-hydrogen) atoms. The Morgan fingerprint density at radius 3 is 1.59 bits per heavy atom. The predicted octanol–water partition coefficient (Wildman–Crippen LogP) is 7.81. The van der Waals surface area contributed by atoms with Gasteiger partial charge in [-0.3, -0.25) is 4.57 Å². The van der Waals surface area contributed by atoms with Crippen LogP contribution in [0.25, 0.3) is 0 Å². The Balaban J connectivity index is 4.63. The fourth-order valence-corrected chi connectivity index (χ4v) is 4.43. The van der Waals surface area contributed by atoms with Gasteiger partial charge in [-0.1, -0.05) is 86.0 Å². The smallest absolute Gasteiger partial charge is 0.356 e. The highest BCUT2D eigenvalue weighted by Gasteiger charge is 2.27. The van der Waals surface area contributed by atoms with Crippen LogP contribution in [0.15, 0.2) is 0 Å². The minimum atomic E-state index is -3.19. The topological polar surface area (TPSA) is 44.8 Å². The van der Waals surface area contributed by atoms with E-state index >= 15 is 0 Å². The number of hydrogen-bond donors (Lipinski definition) is 0. The average molecular weight is 407 g/mol. The molecule has 0 aromatic heterocycles. The average Bonchev–Trinajstić information content (AvgIpc) is 2.68. The second-order valence-electron chi connectivity index (χ2n) is 7.78. The highest BCUT2D eigenvalue weighted by molar-refractivity contribution is 7.53. The summed E-state index contributed by atoms with van der Waals surface area (Å²) in [4.78, 5) is 0. The van der Waals surface area contributed by atoms with Gasteiger partial charge in [-0.2, -0.15) is 0 Å². The molecule has 4 nitrogen and oxygen atoms in total. The molecular formula is C22H47O4P. The minimum absolute atomic E-state index is 0.0884. The summed E-state index contributed by atoms with van der Waals surface area (Å²) in [6.07, 6.45) is 12.5. The van der Waals surface area contributed by atoms with Crippen LogP contribution in [0, 0.1) is 11.8 Å². The molecule has 0 heterocycles. The zero-order valence-corrected chi connectivity index (χ0v) is 19.7. The van der Waals surface area contributed by atoms with Gasteiger partial charge in [0.05, 0.1) is 13.2 Å². The Bertz CT molecular complexity index is 338. The van der Waals surface area contributed by atoms with Crippen LogP contribution in [0.2, 0.25) is 0 Å². The van der Waals surface area contributed by atoms with Gasteiger partial charge in [-0.15, -0.1) is 0 Å². The van der Waals surface area contributed by atoms with Crippen molar-refractivity contribution in [2.24, 2.45) is 11.8 Å². The first kappa shape index (κ1) is 27.1. The zero-order valence-electron chi connectivity index (χ0n) is 18.8. The quantitative estimate of drug-likeness (QED) is 0.153. The summed E-state index contributed by atoms with van der Waals surface area (Å²) in [5.41, 5.74) is 0. The first-order valence-corrected chi connectivity index (χ1v) is 13.2. The molecular weight excluding hydrogens is 359 g/mol. The summed E-state index contributed by atoms with van der Waals surface area (Å²) in [6, 6.07) is 0. The Kier molecular flexibility index (Phi) is 18.2. The summed E-state index contributed by atoms with van der Waals surface area (Å²) >= 11 is 0. The molecule has 0 aliphatic heterocycles.